The summed E-state index contributed by atoms with van der Waals surface area (Å²) < 4.78 is 91.9. The first-order chi connectivity index (χ1) is 20.1. The van der Waals surface area contributed by atoms with Gasteiger partial charge in [-0.3, -0.25) is 4.72 Å². The predicted molar refractivity (Wildman–Crippen MR) is 149 cm³/mol. The van der Waals surface area contributed by atoms with Gasteiger partial charge in [0.15, 0.2) is 17.4 Å². The van der Waals surface area contributed by atoms with Gasteiger partial charge >= 0.3 is 0 Å². The van der Waals surface area contributed by atoms with Gasteiger partial charge in [-0.2, -0.15) is 4.39 Å². The lowest BCUT2D eigenvalue weighted by atomic mass is 10.1. The molecule has 0 spiro atoms. The first-order valence-electron chi connectivity index (χ1n) is 12.9. The highest BCUT2D eigenvalue weighted by Crippen LogP contribution is 2.36. The average Bonchev–Trinajstić information content (AvgIpc) is 2.98. The fourth-order valence-corrected chi connectivity index (χ4v) is 5.57. The maximum Gasteiger partial charge on any atom is 0.239 e. The molecule has 4 aromatic rings. The zero-order valence-electron chi connectivity index (χ0n) is 22.2. The molecule has 2 aromatic carbocycles. The Bertz CT molecular complexity index is 1680. The number of pyridine rings is 1. The molecule has 1 fully saturated rings. The van der Waals surface area contributed by atoms with Crippen molar-refractivity contribution in [3.05, 3.63) is 90.0 Å². The van der Waals surface area contributed by atoms with E-state index in [1.165, 1.54) is 25.4 Å². The molecule has 0 bridgehead atoms. The highest BCUT2D eigenvalue weighted by atomic mass is 32.2. The Hall–Kier alpha value is -4.30. The van der Waals surface area contributed by atoms with Gasteiger partial charge < -0.3 is 15.4 Å². The zero-order chi connectivity index (χ0) is 29.9. The summed E-state index contributed by atoms with van der Waals surface area (Å²) >= 11 is 0. The predicted octanol–water partition coefficient (Wildman–Crippen LogP) is 5.36. The summed E-state index contributed by atoms with van der Waals surface area (Å²) in [5.74, 6) is -5.70. The lowest BCUT2D eigenvalue weighted by Crippen LogP contribution is -2.44. The number of nitrogens with zero attached hydrogens (tertiary/aromatic N) is 3. The van der Waals surface area contributed by atoms with E-state index >= 15 is 13.2 Å². The van der Waals surface area contributed by atoms with Crippen molar-refractivity contribution in [3.63, 3.8) is 0 Å². The van der Waals surface area contributed by atoms with E-state index in [-0.39, 0.29) is 42.1 Å². The summed E-state index contributed by atoms with van der Waals surface area (Å²) in [6.45, 7) is 2.12. The van der Waals surface area contributed by atoms with Crippen LogP contribution in [0.2, 0.25) is 0 Å². The highest BCUT2D eigenvalue weighted by Gasteiger charge is 2.29. The van der Waals surface area contributed by atoms with E-state index in [0.717, 1.165) is 0 Å². The van der Waals surface area contributed by atoms with E-state index in [1.54, 1.807) is 42.5 Å². The molecule has 1 aliphatic rings. The Morgan fingerprint density at radius 1 is 1.00 bits per heavy atom. The number of anilines is 2. The molecular formula is C28H26F4N6O3S. The van der Waals surface area contributed by atoms with E-state index in [2.05, 4.69) is 25.6 Å². The largest absolute Gasteiger partial charge is 0.435 e. The molecule has 3 N–H and O–H groups in total. The Kier molecular flexibility index (Phi) is 8.54. The van der Waals surface area contributed by atoms with Gasteiger partial charge in [0.05, 0.1) is 11.3 Å². The van der Waals surface area contributed by atoms with Crippen molar-refractivity contribution in [2.24, 2.45) is 0 Å². The summed E-state index contributed by atoms with van der Waals surface area (Å²) in [7, 11) is -4.36. The highest BCUT2D eigenvalue weighted by molar-refractivity contribution is 7.92. The number of nitrogens with one attached hydrogen (secondary N) is 3. The number of piperidine rings is 1. The van der Waals surface area contributed by atoms with Crippen LogP contribution in [0.3, 0.4) is 0 Å². The minimum absolute atomic E-state index is 0.202. The zero-order valence-corrected chi connectivity index (χ0v) is 23.0. The molecule has 0 amide bonds. The van der Waals surface area contributed by atoms with Crippen LogP contribution in [0.4, 0.5) is 29.2 Å². The Morgan fingerprint density at radius 2 is 1.79 bits per heavy atom. The molecule has 14 heteroatoms. The Labute approximate surface area is 239 Å². The standard InChI is InChI=1S/C28H26F4N6O3S/c1-16(17-6-3-2-4-7-17)42(39,40)38-26-21(30)13-23(24(31)25(26)32)41-27-20(8-5-10-34-27)22-9-11-35-28(37-22)36-19-12-18(29)14-33-15-19/h2-11,13,16,18-19,33,38H,12,14-15H2,1H3,(H,35,36,37)/t16-,18-,19?/m0/s1. The third-order valence-electron chi connectivity index (χ3n) is 6.64. The maximum atomic E-state index is 15.1. The van der Waals surface area contributed by atoms with Crippen molar-refractivity contribution in [2.75, 3.05) is 23.1 Å². The van der Waals surface area contributed by atoms with Gasteiger partial charge in [0.2, 0.25) is 27.7 Å². The van der Waals surface area contributed by atoms with Crippen LogP contribution in [0.15, 0.2) is 67.0 Å². The minimum atomic E-state index is -4.36. The van der Waals surface area contributed by atoms with Crippen molar-refractivity contribution in [2.45, 2.75) is 30.8 Å². The van der Waals surface area contributed by atoms with Gasteiger partial charge in [0.1, 0.15) is 17.1 Å². The monoisotopic (exact) mass is 602 g/mol. The molecule has 9 nitrogen and oxygen atoms in total. The number of rotatable bonds is 9. The molecule has 3 atom stereocenters. The molecule has 0 saturated carbocycles. The second-order valence-corrected chi connectivity index (χ2v) is 11.6. The summed E-state index contributed by atoms with van der Waals surface area (Å²) in [6.07, 6.45) is 2.03. The Balaban J connectivity index is 1.39. The van der Waals surface area contributed by atoms with Crippen LogP contribution in [-0.2, 0) is 10.0 Å². The van der Waals surface area contributed by atoms with Crippen molar-refractivity contribution < 1.29 is 30.7 Å². The number of ether oxygens (including phenoxy) is 1. The fourth-order valence-electron chi connectivity index (χ4n) is 4.41. The second kappa shape index (κ2) is 12.3. The summed E-state index contributed by atoms with van der Waals surface area (Å²) in [6, 6.07) is 12.9. The van der Waals surface area contributed by atoms with E-state index < -0.39 is 50.3 Å². The van der Waals surface area contributed by atoms with Gasteiger partial charge in [0, 0.05) is 44.0 Å². The Morgan fingerprint density at radius 3 is 2.55 bits per heavy atom. The number of benzene rings is 2. The number of hydrogen-bond donors (Lipinski definition) is 3. The van der Waals surface area contributed by atoms with Gasteiger partial charge in [-0.05, 0) is 30.7 Å². The number of hydrogen-bond acceptors (Lipinski definition) is 8. The van der Waals surface area contributed by atoms with E-state index in [4.69, 9.17) is 4.74 Å². The number of aromatic nitrogens is 3. The second-order valence-electron chi connectivity index (χ2n) is 9.62. The topological polar surface area (TPSA) is 118 Å². The summed E-state index contributed by atoms with van der Waals surface area (Å²) in [5, 5.41) is 4.84. The van der Waals surface area contributed by atoms with E-state index in [1.807, 2.05) is 4.72 Å². The van der Waals surface area contributed by atoms with Gasteiger partial charge in [0.25, 0.3) is 0 Å². The fraction of sp³-hybridized carbons (Fsp3) is 0.250. The molecule has 5 rings (SSSR count). The first kappa shape index (κ1) is 29.2. The van der Waals surface area contributed by atoms with Crippen LogP contribution >= 0.6 is 0 Å². The molecular weight excluding hydrogens is 576 g/mol. The SMILES string of the molecule is C[C@@H](c1ccccc1)S(=O)(=O)Nc1c(F)cc(Oc2ncccc2-c2ccnc(NC3CNC[C@@H](F)C3)n2)c(F)c1F. The van der Waals surface area contributed by atoms with Crippen molar-refractivity contribution in [1.29, 1.82) is 0 Å². The van der Waals surface area contributed by atoms with Crippen molar-refractivity contribution in [3.8, 4) is 22.9 Å². The van der Waals surface area contributed by atoms with Crippen LogP contribution in [0, 0.1) is 17.5 Å². The van der Waals surface area contributed by atoms with Crippen LogP contribution in [0.5, 0.6) is 11.6 Å². The molecule has 3 heterocycles. The number of halogens is 4. The molecule has 42 heavy (non-hydrogen) atoms. The minimum Gasteiger partial charge on any atom is -0.435 e. The van der Waals surface area contributed by atoms with Crippen LogP contribution in [0.1, 0.15) is 24.2 Å². The number of alkyl halides is 1. The first-order valence-corrected chi connectivity index (χ1v) is 14.5. The van der Waals surface area contributed by atoms with Gasteiger partial charge in [-0.15, -0.1) is 0 Å². The molecule has 220 valence electrons. The maximum absolute atomic E-state index is 15.1. The van der Waals surface area contributed by atoms with Crippen LogP contribution in [-0.4, -0.2) is 48.7 Å². The summed E-state index contributed by atoms with van der Waals surface area (Å²) in [5.41, 5.74) is -0.270. The van der Waals surface area contributed by atoms with Gasteiger partial charge in [-0.25, -0.2) is 36.5 Å². The lowest BCUT2D eigenvalue weighted by Gasteiger charge is -2.26. The molecule has 1 aliphatic heterocycles. The van der Waals surface area contributed by atoms with Gasteiger partial charge in [-0.1, -0.05) is 30.3 Å². The van der Waals surface area contributed by atoms with Crippen LogP contribution < -0.4 is 20.1 Å². The smallest absolute Gasteiger partial charge is 0.239 e. The molecule has 1 saturated heterocycles. The third kappa shape index (κ3) is 6.44. The molecule has 0 aliphatic carbocycles. The number of sulfonamides is 1. The molecule has 1 unspecified atom stereocenters. The van der Waals surface area contributed by atoms with Crippen LogP contribution in [0.25, 0.3) is 11.3 Å². The quantitative estimate of drug-likeness (QED) is 0.173. The molecule has 0 radical (unpaired) electrons. The van der Waals surface area contributed by atoms with Crippen molar-refractivity contribution in [1.82, 2.24) is 20.3 Å². The lowest BCUT2D eigenvalue weighted by molar-refractivity contribution is 0.254. The molecule has 2 aromatic heterocycles. The summed E-state index contributed by atoms with van der Waals surface area (Å²) in [4.78, 5) is 12.6. The average molecular weight is 603 g/mol. The third-order valence-corrected chi connectivity index (χ3v) is 8.34. The van der Waals surface area contributed by atoms with Crippen molar-refractivity contribution >= 4 is 21.7 Å². The normalized spacial score (nSPS) is 17.8. The van der Waals surface area contributed by atoms with E-state index in [0.29, 0.717) is 18.2 Å². The van der Waals surface area contributed by atoms with E-state index in [9.17, 15) is 12.8 Å².